The summed E-state index contributed by atoms with van der Waals surface area (Å²) in [5, 5.41) is 14.0. The van der Waals surface area contributed by atoms with E-state index in [0.717, 1.165) is 6.26 Å². The Bertz CT molecular complexity index is 1490. The fourth-order valence-electron chi connectivity index (χ4n) is 3.87. The van der Waals surface area contributed by atoms with E-state index in [4.69, 9.17) is 0 Å². The van der Waals surface area contributed by atoms with Gasteiger partial charge in [-0.3, -0.25) is 4.79 Å². The van der Waals surface area contributed by atoms with Crippen LogP contribution in [0.5, 0.6) is 0 Å². The highest BCUT2D eigenvalue weighted by molar-refractivity contribution is 7.90. The third-order valence-corrected chi connectivity index (χ3v) is 6.80. The Labute approximate surface area is 196 Å². The molecule has 7 nitrogen and oxygen atoms in total. The first-order valence-corrected chi connectivity index (χ1v) is 12.5. The molecule has 1 heterocycles. The molecule has 0 aliphatic rings. The highest BCUT2D eigenvalue weighted by atomic mass is 32.2. The minimum atomic E-state index is -3.41. The van der Waals surface area contributed by atoms with Gasteiger partial charge in [-0.05, 0) is 67.9 Å². The van der Waals surface area contributed by atoms with Crippen molar-refractivity contribution in [2.75, 3.05) is 11.6 Å². The van der Waals surface area contributed by atoms with E-state index in [-0.39, 0.29) is 4.90 Å². The molecule has 1 amide bonds. The minimum Gasteiger partial charge on any atom is -0.377 e. The van der Waals surface area contributed by atoms with Gasteiger partial charge in [0.1, 0.15) is 17.2 Å². The quantitative estimate of drug-likeness (QED) is 0.432. The average Bonchev–Trinajstić information content (AvgIpc) is 3.17. The Morgan fingerprint density at radius 2 is 1.82 bits per heavy atom. The molecule has 176 valence electrons. The fourth-order valence-corrected chi connectivity index (χ4v) is 4.53. The van der Waals surface area contributed by atoms with Crippen LogP contribution >= 0.6 is 0 Å². The highest BCUT2D eigenvalue weighted by Crippen LogP contribution is 2.32. The molecule has 1 atom stereocenters. The van der Waals surface area contributed by atoms with Crippen molar-refractivity contribution in [1.29, 1.82) is 0 Å². The third kappa shape index (κ3) is 4.44. The lowest BCUT2D eigenvalue weighted by molar-refractivity contribution is 0.0886. The summed E-state index contributed by atoms with van der Waals surface area (Å²) >= 11 is 0. The summed E-state index contributed by atoms with van der Waals surface area (Å²) in [4.78, 5) is 17.6. The number of hydrogen-bond acceptors (Lipinski definition) is 5. The van der Waals surface area contributed by atoms with Crippen LogP contribution in [0.15, 0.2) is 71.6 Å². The number of carbonyl (C=O) groups excluding carboxylic acids is 1. The van der Waals surface area contributed by atoms with Crippen molar-refractivity contribution in [3.8, 4) is 0 Å². The van der Waals surface area contributed by atoms with Gasteiger partial charge in [0.2, 0.25) is 0 Å². The molecule has 34 heavy (non-hydrogen) atoms. The van der Waals surface area contributed by atoms with E-state index in [1.807, 2.05) is 6.92 Å². The number of aryl methyl sites for hydroxylation is 1. The van der Waals surface area contributed by atoms with Crippen LogP contribution in [0.3, 0.4) is 0 Å². The Morgan fingerprint density at radius 3 is 2.47 bits per heavy atom. The first kappa shape index (κ1) is 23.6. The second kappa shape index (κ2) is 8.66. The van der Waals surface area contributed by atoms with Crippen LogP contribution in [0.4, 0.5) is 10.1 Å². The fraction of sp³-hybridized carbons (Fsp3) is 0.200. The van der Waals surface area contributed by atoms with Gasteiger partial charge in [0.25, 0.3) is 5.91 Å². The van der Waals surface area contributed by atoms with Crippen LogP contribution in [0, 0.1) is 5.82 Å². The number of aliphatic hydroxyl groups is 1. The summed E-state index contributed by atoms with van der Waals surface area (Å²) in [6, 6.07) is 16.6. The Kier molecular flexibility index (Phi) is 6.01. The van der Waals surface area contributed by atoms with Crippen molar-refractivity contribution < 1.29 is 22.7 Å². The number of rotatable bonds is 6. The second-order valence-electron chi connectivity index (χ2n) is 8.22. The van der Waals surface area contributed by atoms with Gasteiger partial charge < -0.3 is 15.0 Å². The summed E-state index contributed by atoms with van der Waals surface area (Å²) in [7, 11) is -3.41. The van der Waals surface area contributed by atoms with Gasteiger partial charge in [-0.2, -0.15) is 0 Å². The maximum Gasteiger partial charge on any atom is 0.255 e. The second-order valence-corrected chi connectivity index (χ2v) is 10.2. The number of amides is 1. The summed E-state index contributed by atoms with van der Waals surface area (Å²) in [5.41, 5.74) is 0.948. The lowest BCUT2D eigenvalue weighted by Gasteiger charge is -2.24. The molecule has 0 saturated carbocycles. The molecule has 1 aromatic heterocycles. The van der Waals surface area contributed by atoms with Crippen LogP contribution in [0.25, 0.3) is 11.0 Å². The van der Waals surface area contributed by atoms with Crippen molar-refractivity contribution in [2.45, 2.75) is 30.9 Å². The van der Waals surface area contributed by atoms with Gasteiger partial charge in [0.15, 0.2) is 9.84 Å². The molecule has 0 saturated heterocycles. The molecule has 2 N–H and O–H groups in total. The molecule has 0 radical (unpaired) electrons. The summed E-state index contributed by atoms with van der Waals surface area (Å²) in [6.45, 7) is 3.97. The molecule has 1 unspecified atom stereocenters. The monoisotopic (exact) mass is 481 g/mol. The van der Waals surface area contributed by atoms with Crippen LogP contribution in [-0.4, -0.2) is 35.2 Å². The van der Waals surface area contributed by atoms with Gasteiger partial charge >= 0.3 is 0 Å². The van der Waals surface area contributed by atoms with E-state index in [1.54, 1.807) is 41.8 Å². The maximum atomic E-state index is 13.4. The molecule has 4 aromatic rings. The maximum absolute atomic E-state index is 13.4. The van der Waals surface area contributed by atoms with E-state index >= 15 is 0 Å². The minimum absolute atomic E-state index is 0.109. The number of carbonyl (C=O) groups is 1. The van der Waals surface area contributed by atoms with Crippen LogP contribution in [-0.2, 0) is 22.0 Å². The number of nitrogens with one attached hydrogen (secondary N) is 1. The molecular weight excluding hydrogens is 457 g/mol. The van der Waals surface area contributed by atoms with E-state index < -0.39 is 27.2 Å². The Balaban J connectivity index is 1.71. The standard InChI is InChI=1S/C25H24FN3O4S/c1-4-29-22-14-16(23(30)27-19-6-5-7-20(15-19)34(3,32)33)8-13-21(22)28-24(29)25(2,31)17-9-11-18(26)12-10-17/h5-15,31H,4H2,1-3H3,(H,27,30). The normalized spacial score (nSPS) is 13.6. The molecule has 0 bridgehead atoms. The number of anilines is 1. The zero-order valence-corrected chi connectivity index (χ0v) is 19.7. The van der Waals surface area contributed by atoms with Crippen molar-refractivity contribution in [1.82, 2.24) is 9.55 Å². The molecule has 3 aromatic carbocycles. The van der Waals surface area contributed by atoms with Crippen LogP contribution in [0.2, 0.25) is 0 Å². The van der Waals surface area contributed by atoms with Crippen molar-refractivity contribution >= 4 is 32.5 Å². The van der Waals surface area contributed by atoms with Gasteiger partial charge in [-0.25, -0.2) is 17.8 Å². The largest absolute Gasteiger partial charge is 0.377 e. The Morgan fingerprint density at radius 1 is 1.12 bits per heavy atom. The number of aromatic nitrogens is 2. The molecule has 0 aliphatic carbocycles. The van der Waals surface area contributed by atoms with Crippen molar-refractivity contribution in [2.24, 2.45) is 0 Å². The van der Waals surface area contributed by atoms with Gasteiger partial charge in [0.05, 0.1) is 15.9 Å². The number of fused-ring (bicyclic) bond motifs is 1. The van der Waals surface area contributed by atoms with Gasteiger partial charge in [-0.1, -0.05) is 18.2 Å². The number of benzene rings is 3. The first-order valence-electron chi connectivity index (χ1n) is 10.6. The number of sulfone groups is 1. The number of halogens is 1. The summed E-state index contributed by atoms with van der Waals surface area (Å²) in [6.07, 6.45) is 1.10. The number of hydrogen-bond donors (Lipinski definition) is 2. The topological polar surface area (TPSA) is 101 Å². The zero-order valence-electron chi connectivity index (χ0n) is 18.9. The molecule has 0 fully saturated rings. The number of imidazole rings is 1. The van der Waals surface area contributed by atoms with E-state index in [1.165, 1.54) is 36.4 Å². The summed E-state index contributed by atoms with van der Waals surface area (Å²) < 4.78 is 38.8. The van der Waals surface area contributed by atoms with Crippen molar-refractivity contribution in [3.05, 3.63) is 89.5 Å². The molecule has 0 spiro atoms. The molecule has 4 rings (SSSR count). The van der Waals surface area contributed by atoms with E-state index in [0.29, 0.717) is 40.2 Å². The average molecular weight is 482 g/mol. The lowest BCUT2D eigenvalue weighted by Crippen LogP contribution is -2.27. The number of nitrogens with zero attached hydrogens (tertiary/aromatic N) is 2. The van der Waals surface area contributed by atoms with E-state index in [2.05, 4.69) is 10.3 Å². The highest BCUT2D eigenvalue weighted by Gasteiger charge is 2.32. The third-order valence-electron chi connectivity index (χ3n) is 5.69. The predicted molar refractivity (Wildman–Crippen MR) is 128 cm³/mol. The predicted octanol–water partition coefficient (Wildman–Crippen LogP) is 4.11. The Hall–Kier alpha value is -3.56. The van der Waals surface area contributed by atoms with Gasteiger partial charge in [0, 0.05) is 24.1 Å². The molecule has 0 aliphatic heterocycles. The van der Waals surface area contributed by atoms with E-state index in [9.17, 15) is 22.7 Å². The van der Waals surface area contributed by atoms with Crippen molar-refractivity contribution in [3.63, 3.8) is 0 Å². The van der Waals surface area contributed by atoms with Gasteiger partial charge in [-0.15, -0.1) is 0 Å². The molecule has 9 heteroatoms. The smallest absolute Gasteiger partial charge is 0.255 e. The summed E-state index contributed by atoms with van der Waals surface area (Å²) in [5.74, 6) is -0.445. The SMILES string of the molecule is CCn1c(C(C)(O)c2ccc(F)cc2)nc2ccc(C(=O)Nc3cccc(S(C)(=O)=O)c3)cc21. The van der Waals surface area contributed by atoms with Crippen LogP contribution < -0.4 is 5.32 Å². The molecular formula is C25H24FN3O4S. The lowest BCUT2D eigenvalue weighted by atomic mass is 9.95. The van der Waals surface area contributed by atoms with Crippen LogP contribution in [0.1, 0.15) is 35.6 Å². The first-order chi connectivity index (χ1) is 16.0. The zero-order chi connectivity index (χ0) is 24.7.